The lowest BCUT2D eigenvalue weighted by Crippen LogP contribution is -2.44. The molecule has 1 N–H and O–H groups in total. The number of anilines is 1. The molecule has 0 saturated carbocycles. The van der Waals surface area contributed by atoms with Gasteiger partial charge in [-0.3, -0.25) is 9.59 Å². The molecule has 0 radical (unpaired) electrons. The Morgan fingerprint density at radius 1 is 0.938 bits per heavy atom. The maximum atomic E-state index is 13.6. The molecule has 0 aromatic heterocycles. The second-order valence-electron chi connectivity index (χ2n) is 7.66. The van der Waals surface area contributed by atoms with Crippen LogP contribution in [0.1, 0.15) is 28.8 Å². The lowest BCUT2D eigenvalue weighted by atomic mass is 10.1. The van der Waals surface area contributed by atoms with Crippen LogP contribution >= 0.6 is 0 Å². The van der Waals surface area contributed by atoms with Gasteiger partial charge < -0.3 is 33.9 Å². The zero-order valence-corrected chi connectivity index (χ0v) is 18.5. The van der Waals surface area contributed by atoms with Gasteiger partial charge >= 0.3 is 0 Å². The normalized spacial score (nSPS) is 17.6. The van der Waals surface area contributed by atoms with E-state index in [0.717, 1.165) is 6.42 Å². The first-order valence-electron chi connectivity index (χ1n) is 10.3. The van der Waals surface area contributed by atoms with Crippen molar-refractivity contribution in [2.75, 3.05) is 39.9 Å². The molecule has 1 saturated heterocycles. The molecule has 32 heavy (non-hydrogen) atoms. The van der Waals surface area contributed by atoms with Crippen LogP contribution in [0.5, 0.6) is 28.7 Å². The number of ether oxygens (including phenoxy) is 4. The molecule has 170 valence electrons. The highest BCUT2D eigenvalue weighted by Crippen LogP contribution is 2.42. The molecule has 0 spiro atoms. The van der Waals surface area contributed by atoms with Gasteiger partial charge in [-0.1, -0.05) is 0 Å². The number of rotatable bonds is 6. The maximum absolute atomic E-state index is 13.6. The summed E-state index contributed by atoms with van der Waals surface area (Å²) in [6.45, 7) is 0.655. The lowest BCUT2D eigenvalue weighted by molar-refractivity contribution is -0.122. The standard InChI is InChI=1S/C23H26N2O7/c1-29-18-10-14-16(11-17(18)26)25(23(28)15-6-5-7-24(15)22(14)27)12-13-8-19(30-2)21(32-4)20(9-13)31-3/h8-11,15,26H,5-7,12H2,1-4H3/t15-/m0/s1. The molecule has 0 bridgehead atoms. The fourth-order valence-corrected chi connectivity index (χ4v) is 4.41. The Bertz CT molecular complexity index is 1040. The SMILES string of the molecule is COc1cc2c(cc1O)N(Cc1cc(OC)c(OC)c(OC)c1)C(=O)[C@@H]1CCCN1C2=O. The molecule has 2 heterocycles. The second-order valence-corrected chi connectivity index (χ2v) is 7.66. The molecule has 2 aliphatic rings. The summed E-state index contributed by atoms with van der Waals surface area (Å²) in [4.78, 5) is 30.0. The predicted octanol–water partition coefficient (Wildman–Crippen LogP) is 2.58. The summed E-state index contributed by atoms with van der Waals surface area (Å²) >= 11 is 0. The number of nitrogens with zero attached hydrogens (tertiary/aromatic N) is 2. The Labute approximate surface area is 186 Å². The van der Waals surface area contributed by atoms with Crippen molar-refractivity contribution in [2.45, 2.75) is 25.4 Å². The van der Waals surface area contributed by atoms with Crippen LogP contribution in [0.25, 0.3) is 0 Å². The molecule has 2 aliphatic heterocycles. The first kappa shape index (κ1) is 21.6. The van der Waals surface area contributed by atoms with Gasteiger partial charge in [0.1, 0.15) is 6.04 Å². The first-order chi connectivity index (χ1) is 15.4. The Morgan fingerprint density at radius 2 is 1.59 bits per heavy atom. The number of fused-ring (bicyclic) bond motifs is 2. The minimum Gasteiger partial charge on any atom is -0.504 e. The van der Waals surface area contributed by atoms with E-state index in [1.54, 1.807) is 17.0 Å². The van der Waals surface area contributed by atoms with Crippen molar-refractivity contribution in [1.29, 1.82) is 0 Å². The van der Waals surface area contributed by atoms with E-state index in [2.05, 4.69) is 0 Å². The largest absolute Gasteiger partial charge is 0.504 e. The highest BCUT2D eigenvalue weighted by atomic mass is 16.5. The van der Waals surface area contributed by atoms with Gasteiger partial charge in [0.25, 0.3) is 5.91 Å². The van der Waals surface area contributed by atoms with Gasteiger partial charge in [-0.15, -0.1) is 0 Å². The van der Waals surface area contributed by atoms with E-state index in [0.29, 0.717) is 47.0 Å². The van der Waals surface area contributed by atoms with Gasteiger partial charge in [0, 0.05) is 12.6 Å². The summed E-state index contributed by atoms with van der Waals surface area (Å²) in [6, 6.07) is 5.87. The molecule has 4 rings (SSSR count). The Kier molecular flexibility index (Phi) is 5.73. The smallest absolute Gasteiger partial charge is 0.256 e. The molecule has 9 heteroatoms. The fourth-order valence-electron chi connectivity index (χ4n) is 4.41. The van der Waals surface area contributed by atoms with Crippen molar-refractivity contribution >= 4 is 17.5 Å². The zero-order valence-electron chi connectivity index (χ0n) is 18.5. The molecule has 0 unspecified atom stereocenters. The van der Waals surface area contributed by atoms with Gasteiger partial charge in [-0.25, -0.2) is 0 Å². The lowest BCUT2D eigenvalue weighted by Gasteiger charge is -2.26. The average molecular weight is 442 g/mol. The van der Waals surface area contributed by atoms with Crippen LogP contribution in [0.2, 0.25) is 0 Å². The fraction of sp³-hybridized carbons (Fsp3) is 0.391. The van der Waals surface area contributed by atoms with Crippen LogP contribution in [0.15, 0.2) is 24.3 Å². The van der Waals surface area contributed by atoms with Crippen molar-refractivity contribution in [2.24, 2.45) is 0 Å². The number of phenolic OH excluding ortho intramolecular Hbond substituents is 1. The third-order valence-corrected chi connectivity index (χ3v) is 5.95. The number of amides is 2. The number of carbonyl (C=O) groups is 2. The van der Waals surface area contributed by atoms with E-state index in [1.165, 1.54) is 45.5 Å². The molecule has 2 aromatic carbocycles. The van der Waals surface area contributed by atoms with Crippen LogP contribution in [0.4, 0.5) is 5.69 Å². The molecule has 9 nitrogen and oxygen atoms in total. The Balaban J connectivity index is 1.84. The van der Waals surface area contributed by atoms with Crippen molar-refractivity contribution in [3.63, 3.8) is 0 Å². The van der Waals surface area contributed by atoms with Crippen molar-refractivity contribution in [3.05, 3.63) is 35.4 Å². The summed E-state index contributed by atoms with van der Waals surface area (Å²) in [5.74, 6) is 0.940. The van der Waals surface area contributed by atoms with Crippen LogP contribution in [0, 0.1) is 0 Å². The predicted molar refractivity (Wildman–Crippen MR) is 116 cm³/mol. The summed E-state index contributed by atoms with van der Waals surface area (Å²) in [5.41, 5.74) is 1.36. The second kappa shape index (κ2) is 8.49. The third kappa shape index (κ3) is 3.43. The number of carbonyl (C=O) groups excluding carboxylic acids is 2. The zero-order chi connectivity index (χ0) is 23.0. The van der Waals surface area contributed by atoms with Crippen molar-refractivity contribution in [3.8, 4) is 28.7 Å². The minimum absolute atomic E-state index is 0.145. The summed E-state index contributed by atoms with van der Waals surface area (Å²) in [7, 11) is 5.98. The molecule has 1 atom stereocenters. The summed E-state index contributed by atoms with van der Waals surface area (Å²) < 4.78 is 21.5. The maximum Gasteiger partial charge on any atom is 0.256 e. The van der Waals surface area contributed by atoms with Gasteiger partial charge in [-0.2, -0.15) is 0 Å². The number of aromatic hydroxyl groups is 1. The van der Waals surface area contributed by atoms with E-state index in [4.69, 9.17) is 18.9 Å². The minimum atomic E-state index is -0.551. The monoisotopic (exact) mass is 442 g/mol. The Morgan fingerprint density at radius 3 is 2.19 bits per heavy atom. The van der Waals surface area contributed by atoms with Gasteiger partial charge in [0.2, 0.25) is 11.7 Å². The van der Waals surface area contributed by atoms with E-state index in [-0.39, 0.29) is 29.9 Å². The number of hydrogen-bond donors (Lipinski definition) is 1. The van der Waals surface area contributed by atoms with Gasteiger partial charge in [-0.05, 0) is 36.6 Å². The number of benzene rings is 2. The van der Waals surface area contributed by atoms with E-state index in [9.17, 15) is 14.7 Å². The van der Waals surface area contributed by atoms with Crippen molar-refractivity contribution in [1.82, 2.24) is 4.90 Å². The molecular weight excluding hydrogens is 416 g/mol. The molecule has 0 aliphatic carbocycles. The van der Waals surface area contributed by atoms with Crippen LogP contribution in [0.3, 0.4) is 0 Å². The highest BCUT2D eigenvalue weighted by Gasteiger charge is 2.42. The summed E-state index contributed by atoms with van der Waals surface area (Å²) in [5, 5.41) is 10.4. The molecule has 1 fully saturated rings. The third-order valence-electron chi connectivity index (χ3n) is 5.95. The van der Waals surface area contributed by atoms with Gasteiger partial charge in [0.15, 0.2) is 23.0 Å². The first-order valence-corrected chi connectivity index (χ1v) is 10.3. The van der Waals surface area contributed by atoms with E-state index in [1.807, 2.05) is 0 Å². The van der Waals surface area contributed by atoms with Gasteiger partial charge in [0.05, 0.1) is 46.2 Å². The van der Waals surface area contributed by atoms with E-state index < -0.39 is 6.04 Å². The van der Waals surface area contributed by atoms with E-state index >= 15 is 0 Å². The quantitative estimate of drug-likeness (QED) is 0.734. The average Bonchev–Trinajstić information content (AvgIpc) is 3.28. The van der Waals surface area contributed by atoms with Crippen LogP contribution in [-0.4, -0.2) is 62.8 Å². The highest BCUT2D eigenvalue weighted by molar-refractivity contribution is 6.11. The van der Waals surface area contributed by atoms with Crippen LogP contribution < -0.4 is 23.8 Å². The molecular formula is C23H26N2O7. The number of phenols is 1. The van der Waals surface area contributed by atoms with Crippen molar-refractivity contribution < 1.29 is 33.6 Å². The summed E-state index contributed by atoms with van der Waals surface area (Å²) in [6.07, 6.45) is 1.35. The Hall–Kier alpha value is -3.62. The topological polar surface area (TPSA) is 97.8 Å². The number of hydrogen-bond acceptors (Lipinski definition) is 7. The molecule has 2 aromatic rings. The van der Waals surface area contributed by atoms with Crippen LogP contribution in [-0.2, 0) is 11.3 Å². The number of methoxy groups -OCH3 is 4. The molecule has 2 amide bonds.